The number of aliphatic hydroxyl groups excluding tert-OH is 1. The van der Waals surface area contributed by atoms with Crippen LogP contribution in [0.1, 0.15) is 175 Å². The Labute approximate surface area is 447 Å². The Hall–Kier alpha value is -4.90. The van der Waals surface area contributed by atoms with Gasteiger partial charge in [-0.2, -0.15) is 0 Å². The van der Waals surface area contributed by atoms with Gasteiger partial charge in [0.25, 0.3) is 0 Å². The second kappa shape index (κ2) is 54.4. The standard InChI is InChI=1S/C62H95O11P/c1-4-7-10-13-16-19-22-25-27-28-29-30-32-35-38-41-44-47-50-53-62(66)73-59(55-69-60(64)51-48-45-42-39-36-33-24-21-18-15-12-9-6-3)57-71-74(67,68)70-56-58(54-63)72-61(65)52-49-46-43-40-37-34-31-26-23-20-17-14-11-8-5-2/h7-12,16-21,25-27,29-31,33,35-36,38,42,44-45,47,58-59,63H,4-6,13-15,22-24,28,32,34,37,39-41,43,46,48-57H2,1-3H3,(H,67,68)/b10-7-,11-8-,12-9-,19-16-,20-17-,21-18-,27-25-,30-29-,31-26-,36-33-,38-35-,45-42-,47-44-. The number of phosphoric acid groups is 1. The molecule has 12 heteroatoms. The van der Waals surface area contributed by atoms with Gasteiger partial charge in [0.2, 0.25) is 0 Å². The molecule has 0 bridgehead atoms. The Morgan fingerprint density at radius 3 is 1.09 bits per heavy atom. The lowest BCUT2D eigenvalue weighted by atomic mass is 10.1. The lowest BCUT2D eigenvalue weighted by Crippen LogP contribution is -2.30. The van der Waals surface area contributed by atoms with E-state index < -0.39 is 64.4 Å². The summed E-state index contributed by atoms with van der Waals surface area (Å²) >= 11 is 0. The zero-order chi connectivity index (χ0) is 54.1. The molecule has 0 radical (unpaired) electrons. The maximum Gasteiger partial charge on any atom is 0.472 e. The van der Waals surface area contributed by atoms with Crippen LogP contribution < -0.4 is 0 Å². The van der Waals surface area contributed by atoms with Crippen molar-refractivity contribution >= 4 is 25.7 Å². The topological polar surface area (TPSA) is 155 Å². The number of esters is 3. The summed E-state index contributed by atoms with van der Waals surface area (Å²) in [6.07, 6.45) is 71.0. The van der Waals surface area contributed by atoms with Crippen LogP contribution in [0.3, 0.4) is 0 Å². The molecule has 3 unspecified atom stereocenters. The number of ether oxygens (including phenoxy) is 3. The fraction of sp³-hybridized carbons (Fsp3) is 0.532. The molecule has 0 heterocycles. The second-order valence-electron chi connectivity index (χ2n) is 17.2. The van der Waals surface area contributed by atoms with Crippen molar-refractivity contribution in [2.45, 2.75) is 187 Å². The van der Waals surface area contributed by atoms with Crippen molar-refractivity contribution < 1.29 is 52.2 Å². The molecule has 0 aliphatic rings. The van der Waals surface area contributed by atoms with Crippen molar-refractivity contribution in [3.63, 3.8) is 0 Å². The smallest absolute Gasteiger partial charge is 0.462 e. The number of aliphatic hydroxyl groups is 1. The predicted octanol–water partition coefficient (Wildman–Crippen LogP) is 16.1. The Balaban J connectivity index is 4.95. The summed E-state index contributed by atoms with van der Waals surface area (Å²) in [5.41, 5.74) is 0. The third kappa shape index (κ3) is 52.0. The summed E-state index contributed by atoms with van der Waals surface area (Å²) in [6, 6.07) is 0. The number of unbranched alkanes of at least 4 members (excludes halogenated alkanes) is 5. The minimum atomic E-state index is -4.80. The molecule has 0 spiro atoms. The Morgan fingerprint density at radius 2 is 0.689 bits per heavy atom. The summed E-state index contributed by atoms with van der Waals surface area (Å²) in [5.74, 6) is -1.71. The number of hydrogen-bond donors (Lipinski definition) is 2. The van der Waals surface area contributed by atoms with Crippen LogP contribution in [0.4, 0.5) is 0 Å². The largest absolute Gasteiger partial charge is 0.472 e. The van der Waals surface area contributed by atoms with E-state index in [1.807, 2.05) is 24.3 Å². The minimum absolute atomic E-state index is 0.0169. The highest BCUT2D eigenvalue weighted by Crippen LogP contribution is 2.43. The molecule has 0 aromatic rings. The van der Waals surface area contributed by atoms with Gasteiger partial charge in [0.05, 0.1) is 19.8 Å². The molecule has 0 amide bonds. The number of hydrogen-bond acceptors (Lipinski definition) is 10. The third-order valence-corrected chi connectivity index (χ3v) is 11.4. The first kappa shape index (κ1) is 69.1. The van der Waals surface area contributed by atoms with Crippen LogP contribution >= 0.6 is 7.82 Å². The summed E-state index contributed by atoms with van der Waals surface area (Å²) in [4.78, 5) is 48.4. The first-order chi connectivity index (χ1) is 36.2. The summed E-state index contributed by atoms with van der Waals surface area (Å²) < 4.78 is 39.2. The van der Waals surface area contributed by atoms with E-state index in [2.05, 4.69) is 154 Å². The molecule has 3 atom stereocenters. The van der Waals surface area contributed by atoms with Gasteiger partial charge in [-0.15, -0.1) is 0 Å². The summed E-state index contributed by atoms with van der Waals surface area (Å²) in [7, 11) is -4.80. The van der Waals surface area contributed by atoms with Gasteiger partial charge in [-0.3, -0.25) is 23.4 Å². The van der Waals surface area contributed by atoms with Crippen LogP contribution in [-0.4, -0.2) is 66.5 Å². The highest BCUT2D eigenvalue weighted by molar-refractivity contribution is 7.47. The van der Waals surface area contributed by atoms with Crippen LogP contribution in [0.5, 0.6) is 0 Å². The number of rotatable bonds is 48. The number of phosphoric ester groups is 1. The molecule has 0 aliphatic carbocycles. The van der Waals surface area contributed by atoms with Crippen molar-refractivity contribution in [1.82, 2.24) is 0 Å². The SMILES string of the molecule is CC/C=C\C/C=C\C/C=C\C/C=C\C/C=C\C/C=C\CCC(=O)OC(COC(=O)CC/C=C\C/C=C\C/C=C\C/C=C\CC)COP(=O)(O)OCC(CO)OC(=O)CCCCCCC/C=C\C/C=C\C/C=C\CC. The fourth-order valence-corrected chi connectivity index (χ4v) is 7.19. The zero-order valence-electron chi connectivity index (χ0n) is 45.5. The molecule has 11 nitrogen and oxygen atoms in total. The molecule has 0 saturated carbocycles. The van der Waals surface area contributed by atoms with Gasteiger partial charge in [0.1, 0.15) is 12.7 Å². The van der Waals surface area contributed by atoms with E-state index in [1.54, 1.807) is 0 Å². The van der Waals surface area contributed by atoms with Gasteiger partial charge in [-0.25, -0.2) is 4.57 Å². The molecule has 0 aromatic carbocycles. The molecule has 74 heavy (non-hydrogen) atoms. The van der Waals surface area contributed by atoms with Gasteiger partial charge < -0.3 is 24.2 Å². The van der Waals surface area contributed by atoms with E-state index in [-0.39, 0.29) is 19.3 Å². The molecule has 0 fully saturated rings. The van der Waals surface area contributed by atoms with E-state index in [4.69, 9.17) is 23.3 Å². The molecule has 414 valence electrons. The van der Waals surface area contributed by atoms with Crippen molar-refractivity contribution in [2.75, 3.05) is 26.4 Å². The molecule has 0 aliphatic heterocycles. The highest BCUT2D eigenvalue weighted by Gasteiger charge is 2.28. The number of carbonyl (C=O) groups is 3. The first-order valence-corrected chi connectivity index (χ1v) is 28.9. The molecule has 0 aromatic heterocycles. The third-order valence-electron chi connectivity index (χ3n) is 10.5. The van der Waals surface area contributed by atoms with E-state index in [9.17, 15) is 28.9 Å². The molecule has 2 N–H and O–H groups in total. The molecule has 0 rings (SSSR count). The average molecular weight is 1050 g/mol. The number of allylic oxidation sites excluding steroid dienone is 26. The summed E-state index contributed by atoms with van der Waals surface area (Å²) in [5, 5.41) is 9.80. The van der Waals surface area contributed by atoms with Crippen molar-refractivity contribution in [1.29, 1.82) is 0 Å². The molecular formula is C62H95O11P. The van der Waals surface area contributed by atoms with Crippen LogP contribution in [0.2, 0.25) is 0 Å². The normalized spacial score (nSPS) is 14.6. The van der Waals surface area contributed by atoms with E-state index in [0.717, 1.165) is 109 Å². The lowest BCUT2D eigenvalue weighted by Gasteiger charge is -2.21. The van der Waals surface area contributed by atoms with Crippen LogP contribution in [-0.2, 0) is 42.2 Å². The first-order valence-electron chi connectivity index (χ1n) is 27.4. The monoisotopic (exact) mass is 1050 g/mol. The van der Waals surface area contributed by atoms with E-state index in [1.165, 1.54) is 0 Å². The Morgan fingerprint density at radius 1 is 0.378 bits per heavy atom. The van der Waals surface area contributed by atoms with Gasteiger partial charge in [-0.05, 0) is 116 Å². The lowest BCUT2D eigenvalue weighted by molar-refractivity contribution is -0.161. The van der Waals surface area contributed by atoms with Crippen LogP contribution in [0.15, 0.2) is 158 Å². The fourth-order valence-electron chi connectivity index (χ4n) is 6.41. The van der Waals surface area contributed by atoms with Crippen molar-refractivity contribution in [3.05, 3.63) is 158 Å². The quantitative estimate of drug-likeness (QED) is 0.0197. The zero-order valence-corrected chi connectivity index (χ0v) is 46.4. The average Bonchev–Trinajstić information content (AvgIpc) is 3.39. The molecule has 0 saturated heterocycles. The summed E-state index contributed by atoms with van der Waals surface area (Å²) in [6.45, 7) is 4.07. The minimum Gasteiger partial charge on any atom is -0.462 e. The van der Waals surface area contributed by atoms with Crippen LogP contribution in [0.25, 0.3) is 0 Å². The van der Waals surface area contributed by atoms with Gasteiger partial charge in [-0.1, -0.05) is 198 Å². The van der Waals surface area contributed by atoms with Crippen molar-refractivity contribution in [3.8, 4) is 0 Å². The van der Waals surface area contributed by atoms with E-state index >= 15 is 0 Å². The van der Waals surface area contributed by atoms with Crippen molar-refractivity contribution in [2.24, 2.45) is 0 Å². The van der Waals surface area contributed by atoms with E-state index in [0.29, 0.717) is 25.7 Å². The Bertz CT molecular complexity index is 1840. The Kier molecular flexibility index (Phi) is 50.8. The highest BCUT2D eigenvalue weighted by atomic mass is 31.2. The maximum absolute atomic E-state index is 12.9. The van der Waals surface area contributed by atoms with Gasteiger partial charge in [0, 0.05) is 19.3 Å². The maximum atomic E-state index is 12.9. The van der Waals surface area contributed by atoms with Crippen LogP contribution in [0, 0.1) is 0 Å². The molecular weight excluding hydrogens is 952 g/mol. The second-order valence-corrected chi connectivity index (χ2v) is 18.7. The number of carbonyl (C=O) groups excluding carboxylic acids is 3. The predicted molar refractivity (Wildman–Crippen MR) is 306 cm³/mol. The van der Waals surface area contributed by atoms with Gasteiger partial charge >= 0.3 is 25.7 Å². The van der Waals surface area contributed by atoms with Gasteiger partial charge in [0.15, 0.2) is 6.10 Å².